The van der Waals surface area contributed by atoms with Gasteiger partial charge in [-0.1, -0.05) is 12.1 Å². The number of aromatic carboxylic acids is 1. The van der Waals surface area contributed by atoms with Crippen LogP contribution in [0.25, 0.3) is 0 Å². The van der Waals surface area contributed by atoms with Crippen LogP contribution in [0.15, 0.2) is 24.3 Å². The lowest BCUT2D eigenvalue weighted by Gasteiger charge is -2.15. The average molecular weight is 287 g/mol. The van der Waals surface area contributed by atoms with Crippen molar-refractivity contribution in [1.29, 1.82) is 0 Å². The third kappa shape index (κ3) is 3.63. The topological polar surface area (TPSA) is 66.4 Å². The molecule has 4 heteroatoms. The van der Waals surface area contributed by atoms with Gasteiger partial charge in [0.05, 0.1) is 5.56 Å². The predicted octanol–water partition coefficient (Wildman–Crippen LogP) is 2.48. The van der Waals surface area contributed by atoms with Crippen LogP contribution in [0.1, 0.15) is 41.6 Å². The third-order valence-electron chi connectivity index (χ3n) is 4.48. The second-order valence-corrected chi connectivity index (χ2v) is 6.24. The fraction of sp³-hybridized carbons (Fsp3) is 0.529. The highest BCUT2D eigenvalue weighted by atomic mass is 16.4. The van der Waals surface area contributed by atoms with Crippen LogP contribution in [0.5, 0.6) is 0 Å². The Kier molecular flexibility index (Phi) is 3.95. The molecular formula is C17H21NO3. The number of carbonyl (C=O) groups is 2. The first-order chi connectivity index (χ1) is 10.1. The largest absolute Gasteiger partial charge is 0.478 e. The van der Waals surface area contributed by atoms with Crippen LogP contribution in [0, 0.1) is 17.8 Å². The van der Waals surface area contributed by atoms with E-state index in [4.69, 9.17) is 5.11 Å². The quantitative estimate of drug-likeness (QED) is 0.809. The fourth-order valence-electron chi connectivity index (χ4n) is 2.99. The SMILES string of the molecule is O=C(O)c1ccc(CCNC(=O)C(C2CC2)C2CC2)cc1. The zero-order valence-electron chi connectivity index (χ0n) is 12.0. The molecule has 0 spiro atoms. The molecule has 0 radical (unpaired) electrons. The number of amides is 1. The van der Waals surface area contributed by atoms with E-state index in [1.54, 1.807) is 12.1 Å². The summed E-state index contributed by atoms with van der Waals surface area (Å²) in [5, 5.41) is 11.9. The van der Waals surface area contributed by atoms with Gasteiger partial charge < -0.3 is 10.4 Å². The van der Waals surface area contributed by atoms with Gasteiger partial charge in [-0.05, 0) is 61.6 Å². The van der Waals surface area contributed by atoms with Crippen LogP contribution < -0.4 is 5.32 Å². The van der Waals surface area contributed by atoms with Gasteiger partial charge in [0.2, 0.25) is 5.91 Å². The summed E-state index contributed by atoms with van der Waals surface area (Å²) in [7, 11) is 0. The highest BCUT2D eigenvalue weighted by Crippen LogP contribution is 2.49. The molecule has 3 rings (SSSR count). The molecule has 0 bridgehead atoms. The van der Waals surface area contributed by atoms with Crippen molar-refractivity contribution in [2.75, 3.05) is 6.54 Å². The monoisotopic (exact) mass is 287 g/mol. The Bertz CT molecular complexity index is 517. The smallest absolute Gasteiger partial charge is 0.335 e. The summed E-state index contributed by atoms with van der Waals surface area (Å²) < 4.78 is 0. The van der Waals surface area contributed by atoms with Gasteiger partial charge in [-0.2, -0.15) is 0 Å². The second kappa shape index (κ2) is 5.88. The molecule has 2 aliphatic rings. The van der Waals surface area contributed by atoms with Crippen molar-refractivity contribution in [3.05, 3.63) is 35.4 Å². The van der Waals surface area contributed by atoms with Gasteiger partial charge in [-0.25, -0.2) is 4.79 Å². The molecule has 0 aliphatic heterocycles. The minimum Gasteiger partial charge on any atom is -0.478 e. The number of carbonyl (C=O) groups excluding carboxylic acids is 1. The van der Waals surface area contributed by atoms with Crippen molar-refractivity contribution >= 4 is 11.9 Å². The van der Waals surface area contributed by atoms with Crippen LogP contribution >= 0.6 is 0 Å². The van der Waals surface area contributed by atoms with Crippen LogP contribution in [0.2, 0.25) is 0 Å². The maximum absolute atomic E-state index is 12.3. The van der Waals surface area contributed by atoms with Crippen LogP contribution in [0.4, 0.5) is 0 Å². The minimum atomic E-state index is -0.911. The molecule has 1 aromatic rings. The molecule has 2 fully saturated rings. The van der Waals surface area contributed by atoms with Gasteiger partial charge in [-0.15, -0.1) is 0 Å². The molecule has 0 atom stereocenters. The van der Waals surface area contributed by atoms with Gasteiger partial charge >= 0.3 is 5.97 Å². The summed E-state index contributed by atoms with van der Waals surface area (Å²) in [5.41, 5.74) is 1.35. The van der Waals surface area contributed by atoms with Crippen LogP contribution in [-0.4, -0.2) is 23.5 Å². The number of carboxylic acids is 1. The first-order valence-corrected chi connectivity index (χ1v) is 7.75. The maximum atomic E-state index is 12.3. The Hall–Kier alpha value is -1.84. The van der Waals surface area contributed by atoms with E-state index >= 15 is 0 Å². The zero-order valence-corrected chi connectivity index (χ0v) is 12.0. The molecule has 0 unspecified atom stereocenters. The standard InChI is InChI=1S/C17H21NO3/c19-16(15(12-5-6-12)13-7-8-13)18-10-9-11-1-3-14(4-2-11)17(20)21/h1-4,12-13,15H,5-10H2,(H,18,19)(H,20,21). The lowest BCUT2D eigenvalue weighted by Crippen LogP contribution is -2.34. The summed E-state index contributed by atoms with van der Waals surface area (Å²) in [6, 6.07) is 6.84. The molecule has 2 saturated carbocycles. The van der Waals surface area contributed by atoms with E-state index in [1.807, 2.05) is 12.1 Å². The molecule has 0 saturated heterocycles. The Morgan fingerprint density at radius 1 is 1.10 bits per heavy atom. The van der Waals surface area contributed by atoms with Crippen molar-refractivity contribution in [1.82, 2.24) is 5.32 Å². The summed E-state index contributed by atoms with van der Waals surface area (Å²) in [5.74, 6) is 0.827. The first-order valence-electron chi connectivity index (χ1n) is 7.75. The Morgan fingerprint density at radius 2 is 1.67 bits per heavy atom. The first kappa shape index (κ1) is 14.1. The molecule has 1 aromatic carbocycles. The minimum absolute atomic E-state index is 0.224. The molecular weight excluding hydrogens is 266 g/mol. The van der Waals surface area contributed by atoms with E-state index in [1.165, 1.54) is 25.7 Å². The summed E-state index contributed by atoms with van der Waals surface area (Å²) >= 11 is 0. The molecule has 21 heavy (non-hydrogen) atoms. The number of hydrogen-bond acceptors (Lipinski definition) is 2. The summed E-state index contributed by atoms with van der Waals surface area (Å²) in [4.78, 5) is 23.0. The van der Waals surface area contributed by atoms with Crippen molar-refractivity contribution in [3.8, 4) is 0 Å². The van der Waals surface area contributed by atoms with E-state index in [2.05, 4.69) is 5.32 Å². The third-order valence-corrected chi connectivity index (χ3v) is 4.48. The van der Waals surface area contributed by atoms with E-state index in [0.29, 0.717) is 23.9 Å². The van der Waals surface area contributed by atoms with Crippen molar-refractivity contribution in [3.63, 3.8) is 0 Å². The molecule has 0 aromatic heterocycles. The second-order valence-electron chi connectivity index (χ2n) is 6.24. The van der Waals surface area contributed by atoms with Crippen molar-refractivity contribution in [2.45, 2.75) is 32.1 Å². The number of benzene rings is 1. The summed E-state index contributed by atoms with van der Waals surface area (Å²) in [6.07, 6.45) is 5.60. The van der Waals surface area contributed by atoms with E-state index < -0.39 is 5.97 Å². The van der Waals surface area contributed by atoms with Crippen molar-refractivity contribution < 1.29 is 14.7 Å². The predicted molar refractivity (Wildman–Crippen MR) is 79.1 cm³/mol. The lowest BCUT2D eigenvalue weighted by molar-refractivity contribution is -0.126. The Labute approximate surface area is 124 Å². The highest BCUT2D eigenvalue weighted by molar-refractivity contribution is 5.87. The molecule has 2 N–H and O–H groups in total. The summed E-state index contributed by atoms with van der Waals surface area (Å²) in [6.45, 7) is 0.626. The molecule has 0 heterocycles. The number of rotatable bonds is 7. The van der Waals surface area contributed by atoms with E-state index in [0.717, 1.165) is 12.0 Å². The molecule has 1 amide bonds. The Balaban J connectivity index is 1.46. The lowest BCUT2D eigenvalue weighted by atomic mass is 9.97. The van der Waals surface area contributed by atoms with Crippen LogP contribution in [-0.2, 0) is 11.2 Å². The van der Waals surface area contributed by atoms with Gasteiger partial charge in [0, 0.05) is 12.5 Å². The average Bonchev–Trinajstić information content (AvgIpc) is 3.34. The van der Waals surface area contributed by atoms with E-state index in [9.17, 15) is 9.59 Å². The van der Waals surface area contributed by atoms with Gasteiger partial charge in [0.25, 0.3) is 0 Å². The molecule has 112 valence electrons. The normalized spacial score (nSPS) is 17.8. The molecule has 4 nitrogen and oxygen atoms in total. The van der Waals surface area contributed by atoms with Gasteiger partial charge in [0.1, 0.15) is 0 Å². The zero-order chi connectivity index (χ0) is 14.8. The molecule has 2 aliphatic carbocycles. The fourth-order valence-corrected chi connectivity index (χ4v) is 2.99. The van der Waals surface area contributed by atoms with Crippen molar-refractivity contribution in [2.24, 2.45) is 17.8 Å². The number of carboxylic acid groups (broad SMARTS) is 1. The maximum Gasteiger partial charge on any atom is 0.335 e. The van der Waals surface area contributed by atoms with Gasteiger partial charge in [-0.3, -0.25) is 4.79 Å². The number of hydrogen-bond donors (Lipinski definition) is 2. The Morgan fingerprint density at radius 3 is 2.14 bits per heavy atom. The van der Waals surface area contributed by atoms with Crippen LogP contribution in [0.3, 0.4) is 0 Å². The van der Waals surface area contributed by atoms with Gasteiger partial charge in [0.15, 0.2) is 0 Å². The van der Waals surface area contributed by atoms with E-state index in [-0.39, 0.29) is 11.8 Å². The number of nitrogens with one attached hydrogen (secondary N) is 1. The highest BCUT2D eigenvalue weighted by Gasteiger charge is 2.45.